The van der Waals surface area contributed by atoms with Crippen LogP contribution in [0.2, 0.25) is 0 Å². The Morgan fingerprint density at radius 3 is 2.81 bits per heavy atom. The van der Waals surface area contributed by atoms with Crippen LogP contribution in [0.15, 0.2) is 39.7 Å². The SMILES string of the molecule is Cc1c(Br)c(=O)n2c3c(c(Cc4ccc(F)cc4)cnc13)OC(CO)C2. The molecular weight excluding hydrogens is 403 g/mol. The molecule has 1 atom stereocenters. The van der Waals surface area contributed by atoms with Gasteiger partial charge in [0.1, 0.15) is 17.4 Å². The van der Waals surface area contributed by atoms with Crippen LogP contribution in [-0.4, -0.2) is 27.4 Å². The van der Waals surface area contributed by atoms with Gasteiger partial charge in [-0.1, -0.05) is 12.1 Å². The number of benzene rings is 1. The number of hydrogen-bond donors (Lipinski definition) is 1. The van der Waals surface area contributed by atoms with Crippen LogP contribution in [0.25, 0.3) is 11.0 Å². The molecule has 2 aromatic heterocycles. The summed E-state index contributed by atoms with van der Waals surface area (Å²) in [5.41, 5.74) is 3.60. The molecule has 0 fully saturated rings. The summed E-state index contributed by atoms with van der Waals surface area (Å²) in [6.45, 7) is 1.90. The first kappa shape index (κ1) is 17.2. The summed E-state index contributed by atoms with van der Waals surface area (Å²) < 4.78 is 21.2. The highest BCUT2D eigenvalue weighted by Gasteiger charge is 2.27. The van der Waals surface area contributed by atoms with E-state index in [-0.39, 0.29) is 24.5 Å². The summed E-state index contributed by atoms with van der Waals surface area (Å²) in [6.07, 6.45) is 1.70. The molecule has 0 bridgehead atoms. The number of aliphatic hydroxyl groups excluding tert-OH is 1. The maximum atomic E-state index is 13.2. The third-order valence-electron chi connectivity index (χ3n) is 4.65. The second-order valence-electron chi connectivity index (χ2n) is 6.39. The lowest BCUT2D eigenvalue weighted by atomic mass is 10.0. The monoisotopic (exact) mass is 418 g/mol. The first-order chi connectivity index (χ1) is 12.5. The first-order valence-electron chi connectivity index (χ1n) is 8.22. The second-order valence-corrected chi connectivity index (χ2v) is 7.18. The van der Waals surface area contributed by atoms with Gasteiger partial charge < -0.3 is 9.84 Å². The van der Waals surface area contributed by atoms with Gasteiger partial charge in [0.2, 0.25) is 0 Å². The molecule has 0 radical (unpaired) electrons. The molecule has 4 rings (SSSR count). The number of hydrogen-bond acceptors (Lipinski definition) is 4. The largest absolute Gasteiger partial charge is 0.484 e. The van der Waals surface area contributed by atoms with Gasteiger partial charge in [-0.3, -0.25) is 14.3 Å². The maximum absolute atomic E-state index is 13.2. The van der Waals surface area contributed by atoms with Crippen molar-refractivity contribution in [3.8, 4) is 5.75 Å². The fraction of sp³-hybridized carbons (Fsp3) is 0.263. The van der Waals surface area contributed by atoms with Crippen molar-refractivity contribution in [2.75, 3.05) is 6.61 Å². The van der Waals surface area contributed by atoms with Crippen LogP contribution in [-0.2, 0) is 13.0 Å². The summed E-state index contributed by atoms with van der Waals surface area (Å²) in [4.78, 5) is 17.2. The van der Waals surface area contributed by atoms with E-state index < -0.39 is 6.10 Å². The highest BCUT2D eigenvalue weighted by Crippen LogP contribution is 2.35. The molecule has 1 unspecified atom stereocenters. The topological polar surface area (TPSA) is 64.4 Å². The van der Waals surface area contributed by atoms with Gasteiger partial charge in [-0.05, 0) is 46.1 Å². The molecule has 1 N–H and O–H groups in total. The summed E-state index contributed by atoms with van der Waals surface area (Å²) in [7, 11) is 0. The normalized spacial score (nSPS) is 15.9. The zero-order valence-electron chi connectivity index (χ0n) is 14.0. The fourth-order valence-corrected chi connectivity index (χ4v) is 3.69. The number of nitrogens with zero attached hydrogens (tertiary/aromatic N) is 2. The maximum Gasteiger partial charge on any atom is 0.265 e. The van der Waals surface area contributed by atoms with E-state index in [1.807, 2.05) is 6.92 Å². The lowest BCUT2D eigenvalue weighted by Crippen LogP contribution is -2.37. The number of ether oxygens (including phenoxy) is 1. The minimum Gasteiger partial charge on any atom is -0.484 e. The molecule has 0 aliphatic carbocycles. The highest BCUT2D eigenvalue weighted by molar-refractivity contribution is 9.10. The molecule has 26 heavy (non-hydrogen) atoms. The van der Waals surface area contributed by atoms with Crippen LogP contribution >= 0.6 is 15.9 Å². The van der Waals surface area contributed by atoms with E-state index in [4.69, 9.17) is 4.74 Å². The molecule has 3 heterocycles. The van der Waals surface area contributed by atoms with E-state index in [1.165, 1.54) is 12.1 Å². The van der Waals surface area contributed by atoms with E-state index in [0.717, 1.165) is 16.7 Å². The summed E-state index contributed by atoms with van der Waals surface area (Å²) in [5.74, 6) is 0.259. The predicted octanol–water partition coefficient (Wildman–Crippen LogP) is 2.95. The van der Waals surface area contributed by atoms with Crippen LogP contribution in [0.4, 0.5) is 4.39 Å². The van der Waals surface area contributed by atoms with Crippen LogP contribution in [0.3, 0.4) is 0 Å². The van der Waals surface area contributed by atoms with E-state index >= 15 is 0 Å². The Kier molecular flexibility index (Phi) is 4.28. The smallest absolute Gasteiger partial charge is 0.265 e. The molecule has 1 aromatic carbocycles. The number of pyridine rings is 2. The van der Waals surface area contributed by atoms with Crippen molar-refractivity contribution in [3.63, 3.8) is 0 Å². The Labute approximate surface area is 157 Å². The molecule has 7 heteroatoms. The molecule has 3 aromatic rings. The van der Waals surface area contributed by atoms with Crippen LogP contribution in [0, 0.1) is 12.7 Å². The van der Waals surface area contributed by atoms with Crippen molar-refractivity contribution >= 4 is 27.0 Å². The van der Waals surface area contributed by atoms with E-state index in [0.29, 0.717) is 27.7 Å². The van der Waals surface area contributed by atoms with Gasteiger partial charge in [-0.2, -0.15) is 0 Å². The van der Waals surface area contributed by atoms with Crippen LogP contribution < -0.4 is 10.3 Å². The summed E-state index contributed by atoms with van der Waals surface area (Å²) in [5, 5.41) is 9.59. The first-order valence-corrected chi connectivity index (χ1v) is 9.01. The summed E-state index contributed by atoms with van der Waals surface area (Å²) >= 11 is 3.35. The molecule has 1 aliphatic rings. The second kappa shape index (κ2) is 6.48. The van der Waals surface area contributed by atoms with Crippen molar-refractivity contribution in [1.29, 1.82) is 0 Å². The van der Waals surface area contributed by atoms with Crippen molar-refractivity contribution in [3.05, 3.63) is 67.8 Å². The van der Waals surface area contributed by atoms with E-state index in [1.54, 1.807) is 22.9 Å². The molecule has 0 saturated carbocycles. The molecule has 134 valence electrons. The van der Waals surface area contributed by atoms with Gasteiger partial charge in [0, 0.05) is 18.2 Å². The number of aryl methyl sites for hydroxylation is 1. The molecular formula is C19H16BrFN2O3. The fourth-order valence-electron chi connectivity index (χ4n) is 3.29. The van der Waals surface area contributed by atoms with Gasteiger partial charge in [-0.15, -0.1) is 0 Å². The van der Waals surface area contributed by atoms with Crippen LogP contribution in [0.5, 0.6) is 5.75 Å². The number of aliphatic hydroxyl groups is 1. The summed E-state index contributed by atoms with van der Waals surface area (Å²) in [6, 6.07) is 6.23. The molecule has 0 saturated heterocycles. The van der Waals surface area contributed by atoms with Gasteiger partial charge in [-0.25, -0.2) is 4.39 Å². The zero-order valence-corrected chi connectivity index (χ0v) is 15.6. The Bertz CT molecular complexity index is 1060. The molecule has 0 amide bonds. The van der Waals surface area contributed by atoms with Crippen molar-refractivity contribution in [1.82, 2.24) is 9.55 Å². The minimum atomic E-state index is -0.507. The van der Waals surface area contributed by atoms with E-state index in [2.05, 4.69) is 20.9 Å². The van der Waals surface area contributed by atoms with Gasteiger partial charge >= 0.3 is 0 Å². The van der Waals surface area contributed by atoms with Crippen LogP contribution in [0.1, 0.15) is 16.7 Å². The minimum absolute atomic E-state index is 0.168. The van der Waals surface area contributed by atoms with Gasteiger partial charge in [0.05, 0.1) is 23.1 Å². The van der Waals surface area contributed by atoms with Crippen molar-refractivity contribution in [2.24, 2.45) is 0 Å². The van der Waals surface area contributed by atoms with Crippen molar-refractivity contribution in [2.45, 2.75) is 26.0 Å². The molecule has 1 aliphatic heterocycles. The Morgan fingerprint density at radius 2 is 2.12 bits per heavy atom. The van der Waals surface area contributed by atoms with E-state index in [9.17, 15) is 14.3 Å². The Balaban J connectivity index is 1.94. The molecule has 0 spiro atoms. The Hall–Kier alpha value is -2.25. The lowest BCUT2D eigenvalue weighted by Gasteiger charge is -2.28. The van der Waals surface area contributed by atoms with Crippen molar-refractivity contribution < 1.29 is 14.2 Å². The highest BCUT2D eigenvalue weighted by atomic mass is 79.9. The Morgan fingerprint density at radius 1 is 1.38 bits per heavy atom. The number of halogens is 2. The number of aromatic nitrogens is 2. The average Bonchev–Trinajstić information content (AvgIpc) is 2.66. The third-order valence-corrected chi connectivity index (χ3v) is 5.58. The predicted molar refractivity (Wildman–Crippen MR) is 99.1 cm³/mol. The average molecular weight is 419 g/mol. The standard InChI is InChI=1S/C19H16BrFN2O3/c1-10-15(20)19(25)23-8-14(9-24)26-18-12(7-22-16(10)17(18)23)6-11-2-4-13(21)5-3-11/h2-5,7,14,24H,6,8-9H2,1H3. The lowest BCUT2D eigenvalue weighted by molar-refractivity contribution is 0.0933. The van der Waals surface area contributed by atoms with Gasteiger partial charge in [0.25, 0.3) is 5.56 Å². The molecule has 5 nitrogen and oxygen atoms in total. The quantitative estimate of drug-likeness (QED) is 0.709. The number of rotatable bonds is 3. The van der Waals surface area contributed by atoms with Gasteiger partial charge in [0.15, 0.2) is 5.75 Å². The zero-order chi connectivity index (χ0) is 18.4. The third kappa shape index (κ3) is 2.71.